The number of piperidine rings is 1. The van der Waals surface area contributed by atoms with Gasteiger partial charge in [0.25, 0.3) is 0 Å². The van der Waals surface area contributed by atoms with Crippen LogP contribution in [0.3, 0.4) is 0 Å². The summed E-state index contributed by atoms with van der Waals surface area (Å²) in [6, 6.07) is 6.60. The van der Waals surface area contributed by atoms with Crippen molar-refractivity contribution in [2.75, 3.05) is 13.1 Å². The topological polar surface area (TPSA) is 35.8 Å². The van der Waals surface area contributed by atoms with Crippen molar-refractivity contribution in [1.82, 2.24) is 4.90 Å². The second kappa shape index (κ2) is 4.64. The highest BCUT2D eigenvalue weighted by Gasteiger charge is 2.45. The standard InChI is InChI=1S/C16H22N2O/c1-12-6-7-13-11-15(17-19)16(2,14(13)10-12)18-8-4-3-5-9-18/h6-7,10,19H,3-5,8-9,11H2,1-2H3. The SMILES string of the molecule is Cc1ccc2c(c1)C(C)(N1CCCCC1)C(=NO)C2. The van der Waals surface area contributed by atoms with E-state index in [9.17, 15) is 5.21 Å². The minimum absolute atomic E-state index is 0.212. The lowest BCUT2D eigenvalue weighted by molar-refractivity contribution is 0.131. The number of hydrogen-bond acceptors (Lipinski definition) is 3. The fraction of sp³-hybridized carbons (Fsp3) is 0.562. The molecule has 1 heterocycles. The van der Waals surface area contributed by atoms with Crippen LogP contribution in [-0.2, 0) is 12.0 Å². The minimum Gasteiger partial charge on any atom is -0.411 e. The zero-order valence-corrected chi connectivity index (χ0v) is 11.8. The van der Waals surface area contributed by atoms with Crippen LogP contribution in [0.2, 0.25) is 0 Å². The third-order valence-electron chi connectivity index (χ3n) is 4.82. The average Bonchev–Trinajstić information content (AvgIpc) is 2.74. The van der Waals surface area contributed by atoms with Crippen molar-refractivity contribution in [2.24, 2.45) is 5.16 Å². The average molecular weight is 258 g/mol. The number of rotatable bonds is 1. The largest absolute Gasteiger partial charge is 0.411 e. The van der Waals surface area contributed by atoms with Crippen LogP contribution in [0.15, 0.2) is 23.4 Å². The fourth-order valence-electron chi connectivity index (χ4n) is 3.63. The normalized spacial score (nSPS) is 29.7. The maximum Gasteiger partial charge on any atom is 0.0860 e. The lowest BCUT2D eigenvalue weighted by atomic mass is 9.88. The molecule has 0 saturated carbocycles. The third kappa shape index (κ3) is 1.88. The summed E-state index contributed by atoms with van der Waals surface area (Å²) in [4.78, 5) is 2.50. The maximum absolute atomic E-state index is 9.44. The number of nitrogens with zero attached hydrogens (tertiary/aromatic N) is 2. The maximum atomic E-state index is 9.44. The number of aryl methyl sites for hydroxylation is 1. The molecule has 1 aliphatic carbocycles. The molecule has 1 aliphatic heterocycles. The Morgan fingerprint density at radius 3 is 2.63 bits per heavy atom. The van der Waals surface area contributed by atoms with E-state index in [-0.39, 0.29) is 5.54 Å². The Labute approximate surface area is 114 Å². The van der Waals surface area contributed by atoms with Crippen molar-refractivity contribution in [3.63, 3.8) is 0 Å². The highest BCUT2D eigenvalue weighted by molar-refractivity contribution is 5.99. The van der Waals surface area contributed by atoms with Crippen molar-refractivity contribution < 1.29 is 5.21 Å². The van der Waals surface area contributed by atoms with Gasteiger partial charge in [-0.2, -0.15) is 0 Å². The van der Waals surface area contributed by atoms with E-state index in [1.807, 2.05) is 0 Å². The smallest absolute Gasteiger partial charge is 0.0860 e. The van der Waals surface area contributed by atoms with Crippen molar-refractivity contribution in [3.8, 4) is 0 Å². The first-order valence-electron chi connectivity index (χ1n) is 7.22. The first-order valence-corrected chi connectivity index (χ1v) is 7.22. The van der Waals surface area contributed by atoms with E-state index in [0.29, 0.717) is 0 Å². The third-order valence-corrected chi connectivity index (χ3v) is 4.82. The quantitative estimate of drug-likeness (QED) is 0.620. The van der Waals surface area contributed by atoms with Crippen LogP contribution in [0.1, 0.15) is 42.9 Å². The van der Waals surface area contributed by atoms with Gasteiger partial charge in [0.2, 0.25) is 0 Å². The van der Waals surface area contributed by atoms with E-state index in [2.05, 4.69) is 42.1 Å². The molecule has 102 valence electrons. The molecule has 1 fully saturated rings. The summed E-state index contributed by atoms with van der Waals surface area (Å²) in [6.45, 7) is 6.55. The summed E-state index contributed by atoms with van der Waals surface area (Å²) >= 11 is 0. The summed E-state index contributed by atoms with van der Waals surface area (Å²) in [5.41, 5.74) is 4.61. The van der Waals surface area contributed by atoms with Crippen LogP contribution in [-0.4, -0.2) is 28.9 Å². The number of likely N-dealkylation sites (tertiary alicyclic amines) is 1. The Morgan fingerprint density at radius 1 is 1.21 bits per heavy atom. The van der Waals surface area contributed by atoms with Crippen molar-refractivity contribution in [1.29, 1.82) is 0 Å². The molecule has 0 bridgehead atoms. The Hall–Kier alpha value is -1.35. The van der Waals surface area contributed by atoms with E-state index >= 15 is 0 Å². The molecule has 3 rings (SSSR count). The summed E-state index contributed by atoms with van der Waals surface area (Å²) in [5, 5.41) is 13.1. The number of oxime groups is 1. The predicted octanol–water partition coefficient (Wildman–Crippen LogP) is 3.08. The molecule has 1 unspecified atom stereocenters. The number of hydrogen-bond donors (Lipinski definition) is 1. The summed E-state index contributed by atoms with van der Waals surface area (Å²) in [6.07, 6.45) is 4.59. The molecule has 0 amide bonds. The van der Waals surface area contributed by atoms with E-state index in [1.54, 1.807) is 0 Å². The highest BCUT2D eigenvalue weighted by atomic mass is 16.4. The van der Waals surface area contributed by atoms with E-state index in [0.717, 1.165) is 25.2 Å². The monoisotopic (exact) mass is 258 g/mol. The van der Waals surface area contributed by atoms with Gasteiger partial charge >= 0.3 is 0 Å². The summed E-state index contributed by atoms with van der Waals surface area (Å²) in [5.74, 6) is 0. The van der Waals surface area contributed by atoms with Crippen LogP contribution in [0.4, 0.5) is 0 Å². The van der Waals surface area contributed by atoms with Gasteiger partial charge in [0.1, 0.15) is 0 Å². The molecule has 1 saturated heterocycles. The minimum atomic E-state index is -0.212. The van der Waals surface area contributed by atoms with Gasteiger partial charge in [-0.3, -0.25) is 4.90 Å². The van der Waals surface area contributed by atoms with Crippen LogP contribution in [0, 0.1) is 6.92 Å². The van der Waals surface area contributed by atoms with Gasteiger partial charge in [0.05, 0.1) is 11.3 Å². The molecular formula is C16H22N2O. The number of benzene rings is 1. The van der Waals surface area contributed by atoms with Gasteiger partial charge < -0.3 is 5.21 Å². The van der Waals surface area contributed by atoms with Crippen molar-refractivity contribution >= 4 is 5.71 Å². The molecule has 0 radical (unpaired) electrons. The first kappa shape index (κ1) is 12.7. The van der Waals surface area contributed by atoms with Gasteiger partial charge in [-0.05, 0) is 50.9 Å². The zero-order chi connectivity index (χ0) is 13.5. The second-order valence-corrected chi connectivity index (χ2v) is 6.00. The van der Waals surface area contributed by atoms with Crippen LogP contribution in [0.5, 0.6) is 0 Å². The summed E-state index contributed by atoms with van der Waals surface area (Å²) < 4.78 is 0. The van der Waals surface area contributed by atoms with Gasteiger partial charge in [-0.1, -0.05) is 35.3 Å². The molecule has 1 atom stereocenters. The van der Waals surface area contributed by atoms with Gasteiger partial charge in [-0.15, -0.1) is 0 Å². The van der Waals surface area contributed by atoms with Crippen LogP contribution >= 0.6 is 0 Å². The molecule has 0 aromatic heterocycles. The highest BCUT2D eigenvalue weighted by Crippen LogP contribution is 2.41. The van der Waals surface area contributed by atoms with Gasteiger partial charge in [0, 0.05) is 6.42 Å². The zero-order valence-electron chi connectivity index (χ0n) is 11.8. The van der Waals surface area contributed by atoms with E-state index < -0.39 is 0 Å². The Morgan fingerprint density at radius 2 is 1.95 bits per heavy atom. The molecule has 19 heavy (non-hydrogen) atoms. The molecule has 2 aliphatic rings. The van der Waals surface area contributed by atoms with Gasteiger partial charge in [-0.25, -0.2) is 0 Å². The van der Waals surface area contributed by atoms with Crippen molar-refractivity contribution in [3.05, 3.63) is 34.9 Å². The van der Waals surface area contributed by atoms with Crippen LogP contribution in [0.25, 0.3) is 0 Å². The molecule has 3 heteroatoms. The second-order valence-electron chi connectivity index (χ2n) is 6.00. The molecule has 0 spiro atoms. The molecule has 3 nitrogen and oxygen atoms in total. The molecule has 1 aromatic rings. The molecular weight excluding hydrogens is 236 g/mol. The van der Waals surface area contributed by atoms with Crippen LogP contribution < -0.4 is 0 Å². The van der Waals surface area contributed by atoms with E-state index in [4.69, 9.17) is 0 Å². The molecule has 1 aromatic carbocycles. The Bertz CT molecular complexity index is 517. The lowest BCUT2D eigenvalue weighted by Crippen LogP contribution is -2.50. The summed E-state index contributed by atoms with van der Waals surface area (Å²) in [7, 11) is 0. The molecule has 1 N–H and O–H groups in total. The van der Waals surface area contributed by atoms with Gasteiger partial charge in [0.15, 0.2) is 0 Å². The Kier molecular flexibility index (Phi) is 3.09. The predicted molar refractivity (Wildman–Crippen MR) is 76.9 cm³/mol. The lowest BCUT2D eigenvalue weighted by Gasteiger charge is -2.41. The van der Waals surface area contributed by atoms with E-state index in [1.165, 1.54) is 36.0 Å². The number of fused-ring (bicyclic) bond motifs is 1. The first-order chi connectivity index (χ1) is 9.16. The van der Waals surface area contributed by atoms with Crippen molar-refractivity contribution in [2.45, 2.75) is 45.1 Å². The fourth-order valence-corrected chi connectivity index (χ4v) is 3.63. The Balaban J connectivity index is 2.09.